The lowest BCUT2D eigenvalue weighted by Gasteiger charge is -2.40. The van der Waals surface area contributed by atoms with Crippen LogP contribution in [-0.4, -0.2) is 23.7 Å². The van der Waals surface area contributed by atoms with Gasteiger partial charge in [-0.25, -0.2) is 4.85 Å². The molecule has 0 saturated heterocycles. The summed E-state index contributed by atoms with van der Waals surface area (Å²) >= 11 is 1.87. The number of fused-ring (bicyclic) bond motifs is 18. The van der Waals surface area contributed by atoms with Gasteiger partial charge in [0.2, 0.25) is 0 Å². The maximum absolute atomic E-state index is 7.98. The quantitative estimate of drug-likeness (QED) is 0.161. The van der Waals surface area contributed by atoms with E-state index < -0.39 is 5.41 Å². The van der Waals surface area contributed by atoms with E-state index in [4.69, 9.17) is 16.5 Å². The number of benzene rings is 10. The summed E-state index contributed by atoms with van der Waals surface area (Å²) in [7, 11) is 0. The molecule has 0 amide bonds. The van der Waals surface area contributed by atoms with Gasteiger partial charge in [-0.15, -0.1) is 0 Å². The fourth-order valence-corrected chi connectivity index (χ4v) is 15.0. The van der Waals surface area contributed by atoms with Crippen LogP contribution in [-0.2, 0) is 5.41 Å². The lowest BCUT2D eigenvalue weighted by Crippen LogP contribution is -2.32. The minimum atomic E-state index is -0.710. The molecule has 0 unspecified atom stereocenters. The molecule has 79 heavy (non-hydrogen) atoms. The average Bonchev–Trinajstić information content (AvgIpc) is 3.48. The van der Waals surface area contributed by atoms with Crippen molar-refractivity contribution < 1.29 is 0 Å². The highest BCUT2D eigenvalue weighted by Gasteiger charge is 2.52. The third-order valence-electron chi connectivity index (χ3n) is 16.8. The van der Waals surface area contributed by atoms with Crippen LogP contribution in [0.1, 0.15) is 22.3 Å². The number of hydrogen-bond acceptors (Lipinski definition) is 3. The highest BCUT2D eigenvalue weighted by molar-refractivity contribution is 7.99. The van der Waals surface area contributed by atoms with Crippen molar-refractivity contribution in [3.63, 3.8) is 0 Å². The molecule has 366 valence electrons. The van der Waals surface area contributed by atoms with Gasteiger partial charge in [-0.2, -0.15) is 0 Å². The Morgan fingerprint density at radius 3 is 1.25 bits per heavy atom. The van der Waals surface area contributed by atoms with Crippen molar-refractivity contribution >= 4 is 82.9 Å². The molecule has 6 nitrogen and oxygen atoms in total. The molecule has 7 heteroatoms. The Morgan fingerprint density at radius 1 is 0.342 bits per heavy atom. The van der Waals surface area contributed by atoms with Gasteiger partial charge < -0.3 is 13.7 Å². The third-order valence-corrected chi connectivity index (χ3v) is 18.1. The fourth-order valence-electron chi connectivity index (χ4n) is 13.6. The van der Waals surface area contributed by atoms with Crippen molar-refractivity contribution in [2.45, 2.75) is 15.2 Å². The number of aromatic nitrogens is 5. The van der Waals surface area contributed by atoms with Crippen molar-refractivity contribution in [3.05, 3.63) is 289 Å². The first-order valence-corrected chi connectivity index (χ1v) is 27.5. The summed E-state index contributed by atoms with van der Waals surface area (Å²) in [6.07, 6.45) is 3.80. The molecule has 10 aromatic carbocycles. The molecule has 0 fully saturated rings. The summed E-state index contributed by atoms with van der Waals surface area (Å²) < 4.78 is 7.11. The molecule has 17 rings (SSSR count). The van der Waals surface area contributed by atoms with Crippen LogP contribution >= 0.6 is 11.8 Å². The average molecular weight is 1020 g/mol. The highest BCUT2D eigenvalue weighted by atomic mass is 32.2. The van der Waals surface area contributed by atoms with Crippen LogP contribution in [0.2, 0.25) is 0 Å². The summed E-state index contributed by atoms with van der Waals surface area (Å²) in [6.45, 7) is 7.98. The minimum absolute atomic E-state index is 0.623. The summed E-state index contributed by atoms with van der Waals surface area (Å²) in [4.78, 5) is 16.5. The second-order valence-electron chi connectivity index (χ2n) is 20.7. The molecule has 1 spiro atoms. The first kappa shape index (κ1) is 43.9. The molecule has 6 heterocycles. The van der Waals surface area contributed by atoms with Crippen molar-refractivity contribution in [1.29, 1.82) is 0 Å². The Bertz CT molecular complexity index is 5030. The molecule has 0 bridgehead atoms. The Morgan fingerprint density at radius 2 is 0.747 bits per heavy atom. The molecule has 0 radical (unpaired) electrons. The van der Waals surface area contributed by atoms with Crippen molar-refractivity contribution in [2.75, 3.05) is 0 Å². The van der Waals surface area contributed by atoms with E-state index >= 15 is 0 Å². The Hall–Kier alpha value is -10.3. The number of nitrogens with zero attached hydrogens (tertiary/aromatic N) is 6. The van der Waals surface area contributed by atoms with E-state index in [1.165, 1.54) is 59.1 Å². The molecule has 0 N–H and O–H groups in total. The van der Waals surface area contributed by atoms with Crippen molar-refractivity contribution in [2.24, 2.45) is 0 Å². The second-order valence-corrected chi connectivity index (χ2v) is 21.7. The third kappa shape index (κ3) is 6.06. The Balaban J connectivity index is 0.860. The molecule has 0 atom stereocenters. The predicted octanol–water partition coefficient (Wildman–Crippen LogP) is 18.5. The smallest absolute Gasteiger partial charge is 0.188 e. The molecular formula is C72H42N6S. The summed E-state index contributed by atoms with van der Waals surface area (Å²) in [5, 5.41) is 7.07. The van der Waals surface area contributed by atoms with Gasteiger partial charge in [-0.05, 0) is 153 Å². The second kappa shape index (κ2) is 16.6. The van der Waals surface area contributed by atoms with Crippen LogP contribution in [0.5, 0.6) is 0 Å². The molecule has 15 aromatic rings. The molecule has 1 aliphatic heterocycles. The zero-order valence-electron chi connectivity index (χ0n) is 42.3. The molecule has 2 aliphatic rings. The fraction of sp³-hybridized carbons (Fsp3) is 0.0139. The van der Waals surface area contributed by atoms with E-state index in [0.717, 1.165) is 89.1 Å². The zero-order chi connectivity index (χ0) is 51.9. The van der Waals surface area contributed by atoms with Gasteiger partial charge in [0, 0.05) is 66.2 Å². The molecular weight excluding hydrogens is 981 g/mol. The van der Waals surface area contributed by atoms with E-state index in [2.05, 4.69) is 249 Å². The van der Waals surface area contributed by atoms with Crippen LogP contribution in [0, 0.1) is 6.57 Å². The van der Waals surface area contributed by atoms with Gasteiger partial charge >= 0.3 is 0 Å². The monoisotopic (exact) mass is 1020 g/mol. The maximum atomic E-state index is 7.98. The van der Waals surface area contributed by atoms with E-state index in [0.29, 0.717) is 5.69 Å². The predicted molar refractivity (Wildman–Crippen MR) is 324 cm³/mol. The summed E-state index contributed by atoms with van der Waals surface area (Å²) in [6, 6.07) is 88.2. The standard InChI is InChI=1S/C72H42N6S/c1-73-46-31-38-67-57(43-46)56-42-45(30-37-66(56)76(67)47-15-3-2-4-16-47)51-21-12-23-61-71(51)79-70-50(20-11-22-60(70)72(61)58-24-13-39-74-68(58)69-59(72)25-14-40-75-69)44-29-36-65-55(41-44)54-19-7-10-28-64(54)78(65)49-34-32-48(33-35-49)77-62-26-8-5-17-52(62)53-18-6-9-27-63(53)77/h2-43H. The van der Waals surface area contributed by atoms with Gasteiger partial charge in [0.15, 0.2) is 5.69 Å². The Labute approximate surface area is 458 Å². The largest absolute Gasteiger partial charge is 0.309 e. The van der Waals surface area contributed by atoms with Crippen LogP contribution < -0.4 is 0 Å². The number of para-hydroxylation sites is 4. The van der Waals surface area contributed by atoms with Crippen molar-refractivity contribution in [1.82, 2.24) is 23.7 Å². The van der Waals surface area contributed by atoms with E-state index in [1.807, 2.05) is 36.3 Å². The lowest BCUT2D eigenvalue weighted by atomic mass is 9.67. The van der Waals surface area contributed by atoms with Crippen LogP contribution in [0.15, 0.2) is 265 Å². The lowest BCUT2D eigenvalue weighted by molar-refractivity contribution is 0.721. The SMILES string of the molecule is [C-]#[N+]c1ccc2c(c1)c1cc(-c3cccc4c3Sc3c(-c5ccc6c(c5)c5ccccc5n6-c5ccc(-n6c7ccccc7c7ccccc76)cc5)cccc3C43c4cccnc4-c4ncccc43)ccc1n2-c1ccccc1. The van der Waals surface area contributed by atoms with Gasteiger partial charge in [0.05, 0.1) is 56.5 Å². The van der Waals surface area contributed by atoms with E-state index in [-0.39, 0.29) is 0 Å². The molecule has 1 aliphatic carbocycles. The zero-order valence-corrected chi connectivity index (χ0v) is 43.2. The van der Waals surface area contributed by atoms with Crippen LogP contribution in [0.3, 0.4) is 0 Å². The Kier molecular flexibility index (Phi) is 9.24. The number of pyridine rings is 2. The molecule has 0 saturated carbocycles. The first-order valence-electron chi connectivity index (χ1n) is 26.7. The highest BCUT2D eigenvalue weighted by Crippen LogP contribution is 2.64. The van der Waals surface area contributed by atoms with E-state index in [1.54, 1.807) is 0 Å². The minimum Gasteiger partial charge on any atom is -0.309 e. The van der Waals surface area contributed by atoms with Crippen molar-refractivity contribution in [3.8, 4) is 50.7 Å². The topological polar surface area (TPSA) is 44.9 Å². The summed E-state index contributed by atoms with van der Waals surface area (Å²) in [5.41, 5.74) is 21.2. The van der Waals surface area contributed by atoms with Gasteiger partial charge in [0.1, 0.15) is 0 Å². The number of hydrogen-bond donors (Lipinski definition) is 0. The van der Waals surface area contributed by atoms with E-state index in [9.17, 15) is 0 Å². The van der Waals surface area contributed by atoms with Gasteiger partial charge in [-0.1, -0.05) is 151 Å². The van der Waals surface area contributed by atoms with Gasteiger partial charge in [0.25, 0.3) is 0 Å². The number of rotatable bonds is 5. The van der Waals surface area contributed by atoms with Crippen LogP contribution in [0.4, 0.5) is 5.69 Å². The molecule has 5 aromatic heterocycles. The van der Waals surface area contributed by atoms with Gasteiger partial charge in [-0.3, -0.25) is 9.97 Å². The maximum Gasteiger partial charge on any atom is 0.188 e. The first-order chi connectivity index (χ1) is 39.2. The van der Waals surface area contributed by atoms with Crippen LogP contribution in [0.25, 0.3) is 121 Å². The normalized spacial score (nSPS) is 13.1. The summed E-state index contributed by atoms with van der Waals surface area (Å²) in [5.74, 6) is 0.